The smallest absolute Gasteiger partial charge is 0.138 e. The van der Waals surface area contributed by atoms with Crippen LogP contribution < -0.4 is 16.0 Å². The normalized spacial score (nSPS) is 15.6. The number of nitrogens with one attached hydrogen (secondary N) is 2. The zero-order valence-electron chi connectivity index (χ0n) is 14.0. The Labute approximate surface area is 141 Å². The number of aryl methyl sites for hydroxylation is 1. The number of hydrogen-bond acceptors (Lipinski definition) is 4. The maximum atomic E-state index is 5.92. The number of nitrogens with zero attached hydrogens (tertiary/aromatic N) is 2. The van der Waals surface area contributed by atoms with Crippen LogP contribution in [0.2, 0.25) is 0 Å². The second-order valence-electron chi connectivity index (χ2n) is 6.45. The Balaban J connectivity index is 1.69. The maximum absolute atomic E-state index is 5.92. The fourth-order valence-corrected chi connectivity index (χ4v) is 3.26. The number of anilines is 2. The van der Waals surface area contributed by atoms with Gasteiger partial charge in [-0.1, -0.05) is 0 Å². The number of imidazole rings is 1. The molecular weight excluding hydrogens is 298 g/mol. The minimum absolute atomic E-state index is 0.812. The molecule has 0 bridgehead atoms. The molecule has 0 atom stereocenters. The van der Waals surface area contributed by atoms with E-state index in [9.17, 15) is 0 Å². The topological polar surface area (TPSA) is 70.0 Å². The van der Waals surface area contributed by atoms with Gasteiger partial charge in [-0.15, -0.1) is 0 Å². The van der Waals surface area contributed by atoms with E-state index >= 15 is 0 Å². The second-order valence-corrected chi connectivity index (χ2v) is 6.45. The highest BCUT2D eigenvalue weighted by Crippen LogP contribution is 2.26. The third kappa shape index (κ3) is 2.83. The predicted molar refractivity (Wildman–Crippen MR) is 100 cm³/mol. The van der Waals surface area contributed by atoms with Crippen molar-refractivity contribution in [3.8, 4) is 11.4 Å². The standard InChI is InChI=1S/C19H23N5/c1-13-11-14(3-5-16(13)20)19-22-17-6-4-15(12-18(17)23-19)24-9-2-7-21-8-10-24/h3-6,11-12,21H,2,7-10,20H2,1H3,(H,22,23). The average Bonchev–Trinajstić information content (AvgIpc) is 2.82. The highest BCUT2D eigenvalue weighted by Gasteiger charge is 2.12. The molecule has 124 valence electrons. The molecule has 1 aliphatic heterocycles. The Hall–Kier alpha value is -2.53. The van der Waals surface area contributed by atoms with Gasteiger partial charge in [-0.25, -0.2) is 4.98 Å². The first kappa shape index (κ1) is 15.0. The van der Waals surface area contributed by atoms with Crippen molar-refractivity contribution in [2.45, 2.75) is 13.3 Å². The molecule has 0 radical (unpaired) electrons. The predicted octanol–water partition coefficient (Wildman–Crippen LogP) is 2.92. The number of nitrogens with two attached hydrogens (primary N) is 1. The van der Waals surface area contributed by atoms with Gasteiger partial charge in [0.05, 0.1) is 11.0 Å². The van der Waals surface area contributed by atoms with Crippen LogP contribution in [0.3, 0.4) is 0 Å². The summed E-state index contributed by atoms with van der Waals surface area (Å²) in [5, 5.41) is 3.45. The number of fused-ring (bicyclic) bond motifs is 1. The second kappa shape index (κ2) is 6.17. The van der Waals surface area contributed by atoms with E-state index in [1.807, 2.05) is 19.1 Å². The van der Waals surface area contributed by atoms with E-state index in [-0.39, 0.29) is 0 Å². The first-order valence-electron chi connectivity index (χ1n) is 8.53. The summed E-state index contributed by atoms with van der Waals surface area (Å²) in [6, 6.07) is 12.5. The summed E-state index contributed by atoms with van der Waals surface area (Å²) in [6.45, 7) is 6.30. The molecule has 0 amide bonds. The third-order valence-electron chi connectivity index (χ3n) is 4.71. The maximum Gasteiger partial charge on any atom is 0.138 e. The van der Waals surface area contributed by atoms with Crippen LogP contribution in [0.4, 0.5) is 11.4 Å². The van der Waals surface area contributed by atoms with Crippen LogP contribution in [0.15, 0.2) is 36.4 Å². The van der Waals surface area contributed by atoms with Gasteiger partial charge in [0, 0.05) is 36.6 Å². The Morgan fingerprint density at radius 2 is 2.00 bits per heavy atom. The fourth-order valence-electron chi connectivity index (χ4n) is 3.26. The largest absolute Gasteiger partial charge is 0.399 e. The van der Waals surface area contributed by atoms with E-state index in [1.54, 1.807) is 0 Å². The minimum atomic E-state index is 0.812. The van der Waals surface area contributed by atoms with Crippen molar-refractivity contribution in [2.24, 2.45) is 0 Å². The van der Waals surface area contributed by atoms with Crippen LogP contribution >= 0.6 is 0 Å². The quantitative estimate of drug-likeness (QED) is 0.635. The first-order chi connectivity index (χ1) is 11.7. The van der Waals surface area contributed by atoms with Gasteiger partial charge in [-0.3, -0.25) is 0 Å². The number of hydrogen-bond donors (Lipinski definition) is 3. The molecule has 4 rings (SSSR count). The van der Waals surface area contributed by atoms with E-state index in [0.717, 1.165) is 59.9 Å². The summed E-state index contributed by atoms with van der Waals surface area (Å²) in [7, 11) is 0. The van der Waals surface area contributed by atoms with E-state index in [2.05, 4.69) is 39.5 Å². The van der Waals surface area contributed by atoms with Crippen LogP contribution in [-0.2, 0) is 0 Å². The molecule has 5 nitrogen and oxygen atoms in total. The monoisotopic (exact) mass is 321 g/mol. The number of benzene rings is 2. The van der Waals surface area contributed by atoms with Crippen molar-refractivity contribution < 1.29 is 0 Å². The molecule has 0 unspecified atom stereocenters. The zero-order chi connectivity index (χ0) is 16.5. The third-order valence-corrected chi connectivity index (χ3v) is 4.71. The molecule has 24 heavy (non-hydrogen) atoms. The van der Waals surface area contributed by atoms with Crippen molar-refractivity contribution in [3.63, 3.8) is 0 Å². The molecule has 0 spiro atoms. The molecule has 1 fully saturated rings. The van der Waals surface area contributed by atoms with Gasteiger partial charge in [0.15, 0.2) is 0 Å². The van der Waals surface area contributed by atoms with E-state index in [0.29, 0.717) is 0 Å². The lowest BCUT2D eigenvalue weighted by Crippen LogP contribution is -2.27. The van der Waals surface area contributed by atoms with Gasteiger partial charge in [0.2, 0.25) is 0 Å². The summed E-state index contributed by atoms with van der Waals surface area (Å²) in [6.07, 6.45) is 1.18. The van der Waals surface area contributed by atoms with E-state index < -0.39 is 0 Å². The minimum Gasteiger partial charge on any atom is -0.399 e. The van der Waals surface area contributed by atoms with Gasteiger partial charge in [-0.05, 0) is 61.9 Å². The number of aromatic nitrogens is 2. The molecule has 1 saturated heterocycles. The van der Waals surface area contributed by atoms with Crippen LogP contribution in [0.25, 0.3) is 22.4 Å². The molecule has 5 heteroatoms. The van der Waals surface area contributed by atoms with Crippen LogP contribution in [0.1, 0.15) is 12.0 Å². The van der Waals surface area contributed by atoms with Crippen molar-refractivity contribution in [2.75, 3.05) is 36.8 Å². The molecule has 3 aromatic rings. The highest BCUT2D eigenvalue weighted by atomic mass is 15.2. The molecule has 4 N–H and O–H groups in total. The Morgan fingerprint density at radius 3 is 2.88 bits per heavy atom. The van der Waals surface area contributed by atoms with Gasteiger partial charge in [0.25, 0.3) is 0 Å². The lowest BCUT2D eigenvalue weighted by molar-refractivity contribution is 0.724. The number of aromatic amines is 1. The van der Waals surface area contributed by atoms with Crippen LogP contribution in [0, 0.1) is 6.92 Å². The zero-order valence-corrected chi connectivity index (χ0v) is 14.0. The molecule has 2 heterocycles. The summed E-state index contributed by atoms with van der Waals surface area (Å²) >= 11 is 0. The Kier molecular flexibility index (Phi) is 3.86. The van der Waals surface area contributed by atoms with Crippen molar-refractivity contribution in [1.82, 2.24) is 15.3 Å². The lowest BCUT2D eigenvalue weighted by Gasteiger charge is -2.22. The summed E-state index contributed by atoms with van der Waals surface area (Å²) < 4.78 is 0. The highest BCUT2D eigenvalue weighted by molar-refractivity contribution is 5.83. The van der Waals surface area contributed by atoms with Gasteiger partial charge < -0.3 is 20.9 Å². The first-order valence-corrected chi connectivity index (χ1v) is 8.53. The number of rotatable bonds is 2. The molecule has 0 aliphatic carbocycles. The van der Waals surface area contributed by atoms with Crippen molar-refractivity contribution in [1.29, 1.82) is 0 Å². The summed E-state index contributed by atoms with van der Waals surface area (Å²) in [5.74, 6) is 0.891. The van der Waals surface area contributed by atoms with Gasteiger partial charge in [0.1, 0.15) is 5.82 Å². The SMILES string of the molecule is Cc1cc(-c2nc3ccc(N4CCCNCC4)cc3[nH]2)ccc1N. The summed E-state index contributed by atoms with van der Waals surface area (Å²) in [4.78, 5) is 10.6. The molecule has 2 aromatic carbocycles. The van der Waals surface area contributed by atoms with Gasteiger partial charge >= 0.3 is 0 Å². The molecule has 1 aliphatic rings. The van der Waals surface area contributed by atoms with Crippen LogP contribution in [-0.4, -0.2) is 36.1 Å². The van der Waals surface area contributed by atoms with Crippen LogP contribution in [0.5, 0.6) is 0 Å². The summed E-state index contributed by atoms with van der Waals surface area (Å²) in [5.41, 5.74) is 12.2. The van der Waals surface area contributed by atoms with Crippen molar-refractivity contribution >= 4 is 22.4 Å². The Morgan fingerprint density at radius 1 is 1.08 bits per heavy atom. The van der Waals surface area contributed by atoms with Crippen molar-refractivity contribution in [3.05, 3.63) is 42.0 Å². The van der Waals surface area contributed by atoms with E-state index in [4.69, 9.17) is 10.7 Å². The van der Waals surface area contributed by atoms with E-state index in [1.165, 1.54) is 12.1 Å². The number of H-pyrrole nitrogens is 1. The number of nitrogen functional groups attached to an aromatic ring is 1. The Bertz CT molecular complexity index is 859. The molecular formula is C19H23N5. The average molecular weight is 321 g/mol. The molecule has 1 aromatic heterocycles. The lowest BCUT2D eigenvalue weighted by atomic mass is 10.1. The van der Waals surface area contributed by atoms with Gasteiger partial charge in [-0.2, -0.15) is 0 Å². The fraction of sp³-hybridized carbons (Fsp3) is 0.316. The molecule has 0 saturated carbocycles.